The number of furan rings is 1. The maximum atomic E-state index is 10.3. The fourth-order valence-electron chi connectivity index (χ4n) is 0.873. The molecule has 0 aliphatic heterocycles. The van der Waals surface area contributed by atoms with Gasteiger partial charge in [-0.15, -0.1) is 11.3 Å². The maximum absolute atomic E-state index is 10.3. The molecule has 0 aliphatic rings. The third-order valence-corrected chi connectivity index (χ3v) is 3.37. The number of hydrogen-bond acceptors (Lipinski definition) is 4. The van der Waals surface area contributed by atoms with Gasteiger partial charge in [0.1, 0.15) is 0 Å². The molecule has 0 saturated heterocycles. The summed E-state index contributed by atoms with van der Waals surface area (Å²) in [7, 11) is 0. The smallest absolute Gasteiger partial charge is 0.185 e. The largest absolute Gasteiger partial charge is 0.447 e. The van der Waals surface area contributed by atoms with E-state index >= 15 is 0 Å². The van der Waals surface area contributed by atoms with Gasteiger partial charge in [0.15, 0.2) is 17.1 Å². The van der Waals surface area contributed by atoms with Crippen molar-refractivity contribution < 1.29 is 9.21 Å². The molecule has 0 amide bonds. The van der Waals surface area contributed by atoms with E-state index in [-0.39, 0.29) is 0 Å². The molecule has 13 heavy (non-hydrogen) atoms. The zero-order valence-electron chi connectivity index (χ0n) is 6.60. The first-order chi connectivity index (χ1) is 6.38. The van der Waals surface area contributed by atoms with Crippen molar-refractivity contribution in [2.75, 3.05) is 0 Å². The van der Waals surface area contributed by atoms with E-state index in [0.29, 0.717) is 12.0 Å². The predicted octanol–water partition coefficient (Wildman–Crippen LogP) is 3.30. The van der Waals surface area contributed by atoms with Crippen LogP contribution < -0.4 is 0 Å². The molecule has 0 spiro atoms. The lowest BCUT2D eigenvalue weighted by molar-refractivity contribution is 0.109. The Kier molecular flexibility index (Phi) is 2.52. The Morgan fingerprint density at radius 1 is 1.38 bits per heavy atom. The van der Waals surface area contributed by atoms with Gasteiger partial charge in [-0.2, -0.15) is 0 Å². The molecule has 0 atom stereocenters. The summed E-state index contributed by atoms with van der Waals surface area (Å²) in [5.74, 6) is 0.374. The summed E-state index contributed by atoms with van der Waals surface area (Å²) in [6.07, 6.45) is 0.707. The topological polar surface area (TPSA) is 30.2 Å². The Bertz CT molecular complexity index is 389. The second-order valence-corrected chi connectivity index (χ2v) is 4.56. The van der Waals surface area contributed by atoms with Crippen LogP contribution in [-0.4, -0.2) is 6.29 Å². The van der Waals surface area contributed by atoms with E-state index in [2.05, 4.69) is 0 Å². The molecule has 2 nitrogen and oxygen atoms in total. The van der Waals surface area contributed by atoms with Crippen LogP contribution in [0.15, 0.2) is 43.4 Å². The highest BCUT2D eigenvalue weighted by Gasteiger charge is 2.03. The number of hydrogen-bond donors (Lipinski definition) is 0. The number of thiophene rings is 1. The Labute approximate surface area is 83.6 Å². The highest BCUT2D eigenvalue weighted by molar-refractivity contribution is 8.01. The normalized spacial score (nSPS) is 10.2. The lowest BCUT2D eigenvalue weighted by atomic mass is 10.5. The molecule has 0 N–H and O–H groups in total. The van der Waals surface area contributed by atoms with Crippen LogP contribution >= 0.6 is 23.1 Å². The molecule has 0 radical (unpaired) electrons. The van der Waals surface area contributed by atoms with E-state index in [1.165, 1.54) is 11.8 Å². The maximum Gasteiger partial charge on any atom is 0.185 e. The van der Waals surface area contributed by atoms with E-state index in [1.807, 2.05) is 17.5 Å². The Morgan fingerprint density at radius 2 is 2.31 bits per heavy atom. The van der Waals surface area contributed by atoms with E-state index in [4.69, 9.17) is 4.42 Å². The molecule has 2 aromatic rings. The first-order valence-electron chi connectivity index (χ1n) is 3.65. The summed E-state index contributed by atoms with van der Waals surface area (Å²) < 4.78 is 6.37. The van der Waals surface area contributed by atoms with E-state index < -0.39 is 0 Å². The minimum absolute atomic E-state index is 0.374. The minimum Gasteiger partial charge on any atom is -0.447 e. The summed E-state index contributed by atoms with van der Waals surface area (Å²) >= 11 is 3.17. The summed E-state index contributed by atoms with van der Waals surface area (Å²) in [6, 6.07) is 7.46. The summed E-state index contributed by atoms with van der Waals surface area (Å²) in [5.41, 5.74) is 0. The average molecular weight is 210 g/mol. The lowest BCUT2D eigenvalue weighted by Gasteiger charge is -1.90. The molecule has 2 rings (SSSR count). The van der Waals surface area contributed by atoms with Crippen molar-refractivity contribution in [2.45, 2.75) is 9.30 Å². The number of rotatable bonds is 3. The molecule has 0 bridgehead atoms. The van der Waals surface area contributed by atoms with Gasteiger partial charge in [-0.05, 0) is 35.3 Å². The first-order valence-corrected chi connectivity index (χ1v) is 5.34. The Balaban J connectivity index is 2.14. The Morgan fingerprint density at radius 3 is 2.92 bits per heavy atom. The van der Waals surface area contributed by atoms with Crippen LogP contribution in [0.3, 0.4) is 0 Å². The SMILES string of the molecule is O=Cc1ccc(Sc2cccs2)o1. The van der Waals surface area contributed by atoms with Crippen LogP contribution in [-0.2, 0) is 0 Å². The molecule has 2 aromatic heterocycles. The molecule has 0 unspecified atom stereocenters. The van der Waals surface area contributed by atoms with Crippen molar-refractivity contribution in [2.24, 2.45) is 0 Å². The highest BCUT2D eigenvalue weighted by Crippen LogP contribution is 2.31. The van der Waals surface area contributed by atoms with Gasteiger partial charge in [-0.3, -0.25) is 4.79 Å². The van der Waals surface area contributed by atoms with Gasteiger partial charge in [0, 0.05) is 0 Å². The van der Waals surface area contributed by atoms with Crippen LogP contribution in [0.5, 0.6) is 0 Å². The van der Waals surface area contributed by atoms with Crippen LogP contribution in [0.2, 0.25) is 0 Å². The van der Waals surface area contributed by atoms with Gasteiger partial charge < -0.3 is 4.42 Å². The van der Waals surface area contributed by atoms with Gasteiger partial charge in [0.05, 0.1) is 4.21 Å². The quantitative estimate of drug-likeness (QED) is 0.728. The first kappa shape index (κ1) is 8.59. The average Bonchev–Trinajstić information content (AvgIpc) is 2.76. The van der Waals surface area contributed by atoms with Gasteiger partial charge in [0.2, 0.25) is 0 Å². The molecule has 0 fully saturated rings. The molecule has 2 heterocycles. The second-order valence-electron chi connectivity index (χ2n) is 2.31. The molecule has 0 aliphatic carbocycles. The second kappa shape index (κ2) is 3.81. The van der Waals surface area contributed by atoms with Crippen LogP contribution in [0, 0.1) is 0 Å². The summed E-state index contributed by atoms with van der Waals surface area (Å²) in [5, 5.41) is 2.76. The molecular formula is C9H6O2S2. The highest BCUT2D eigenvalue weighted by atomic mass is 32.2. The van der Waals surface area contributed by atoms with Crippen molar-refractivity contribution in [1.82, 2.24) is 0 Å². The predicted molar refractivity (Wildman–Crippen MR) is 52.5 cm³/mol. The minimum atomic E-state index is 0.374. The molecule has 0 saturated carbocycles. The number of carbonyl (C=O) groups excluding carboxylic acids is 1. The van der Waals surface area contributed by atoms with Crippen molar-refractivity contribution in [1.29, 1.82) is 0 Å². The summed E-state index contributed by atoms with van der Waals surface area (Å²) in [4.78, 5) is 10.3. The Hall–Kier alpha value is -1.00. The fraction of sp³-hybridized carbons (Fsp3) is 0. The van der Waals surface area contributed by atoms with Gasteiger partial charge in [-0.25, -0.2) is 0 Å². The summed E-state index contributed by atoms with van der Waals surface area (Å²) in [6.45, 7) is 0. The van der Waals surface area contributed by atoms with E-state index in [1.54, 1.807) is 23.5 Å². The molecule has 66 valence electrons. The number of carbonyl (C=O) groups is 1. The van der Waals surface area contributed by atoms with Gasteiger partial charge in [-0.1, -0.05) is 6.07 Å². The standard InChI is InChI=1S/C9H6O2S2/c10-6-7-3-4-8(11-7)13-9-2-1-5-12-9/h1-6H. The van der Waals surface area contributed by atoms with E-state index in [0.717, 1.165) is 9.30 Å². The molecule has 4 heteroatoms. The van der Waals surface area contributed by atoms with Crippen molar-refractivity contribution in [3.05, 3.63) is 35.4 Å². The van der Waals surface area contributed by atoms with Gasteiger partial charge in [0.25, 0.3) is 0 Å². The zero-order chi connectivity index (χ0) is 9.10. The third-order valence-electron chi connectivity index (χ3n) is 1.41. The van der Waals surface area contributed by atoms with Crippen molar-refractivity contribution in [3.63, 3.8) is 0 Å². The van der Waals surface area contributed by atoms with Crippen molar-refractivity contribution >= 4 is 29.4 Å². The van der Waals surface area contributed by atoms with Crippen LogP contribution in [0.1, 0.15) is 10.6 Å². The zero-order valence-corrected chi connectivity index (χ0v) is 8.23. The van der Waals surface area contributed by atoms with Crippen molar-refractivity contribution in [3.8, 4) is 0 Å². The fourth-order valence-corrected chi connectivity index (χ4v) is 2.55. The van der Waals surface area contributed by atoms with E-state index in [9.17, 15) is 4.79 Å². The van der Waals surface area contributed by atoms with Crippen LogP contribution in [0.4, 0.5) is 0 Å². The lowest BCUT2D eigenvalue weighted by Crippen LogP contribution is -1.67. The molecular weight excluding hydrogens is 204 g/mol. The number of aldehydes is 1. The van der Waals surface area contributed by atoms with Gasteiger partial charge >= 0.3 is 0 Å². The monoisotopic (exact) mass is 210 g/mol. The third kappa shape index (κ3) is 2.02. The van der Waals surface area contributed by atoms with Crippen LogP contribution in [0.25, 0.3) is 0 Å². The molecule has 0 aromatic carbocycles.